The molecule has 9 nitrogen and oxygen atoms in total. The van der Waals surface area contributed by atoms with Crippen LogP contribution in [0.3, 0.4) is 0 Å². The lowest BCUT2D eigenvalue weighted by atomic mass is 10.1. The molecule has 0 bridgehead atoms. The number of thiazole rings is 1. The fourth-order valence-corrected chi connectivity index (χ4v) is 4.99. The molecule has 4 heterocycles. The maximum absolute atomic E-state index is 11.7. The Hall–Kier alpha value is -4.05. The van der Waals surface area contributed by atoms with Crippen LogP contribution in [0.1, 0.15) is 27.4 Å². The van der Waals surface area contributed by atoms with E-state index in [1.54, 1.807) is 36.0 Å². The van der Waals surface area contributed by atoms with Gasteiger partial charge in [0.15, 0.2) is 5.65 Å². The Labute approximate surface area is 192 Å². The summed E-state index contributed by atoms with van der Waals surface area (Å²) in [5.74, 6) is 0. The Kier molecular flexibility index (Phi) is 5.35. The van der Waals surface area contributed by atoms with Gasteiger partial charge in [-0.25, -0.2) is 9.99 Å². The van der Waals surface area contributed by atoms with Gasteiger partial charge in [0.2, 0.25) is 12.0 Å². The van der Waals surface area contributed by atoms with Crippen LogP contribution < -0.4 is 5.56 Å². The normalized spacial score (nSPS) is 11.7. The smallest absolute Gasteiger partial charge is 0.247 e. The van der Waals surface area contributed by atoms with Crippen molar-refractivity contribution in [3.63, 3.8) is 0 Å². The number of amides is 1. The summed E-state index contributed by atoms with van der Waals surface area (Å²) < 4.78 is 3.04. The highest BCUT2D eigenvalue weighted by Crippen LogP contribution is 2.30. The van der Waals surface area contributed by atoms with E-state index < -0.39 is 0 Å². The molecule has 166 valence electrons. The zero-order valence-electron chi connectivity index (χ0n) is 18.1. The van der Waals surface area contributed by atoms with Crippen LogP contribution in [0, 0.1) is 6.92 Å². The molecule has 4 aromatic heterocycles. The van der Waals surface area contributed by atoms with Crippen LogP contribution in [0.15, 0.2) is 52.6 Å². The second kappa shape index (κ2) is 8.47. The van der Waals surface area contributed by atoms with Crippen LogP contribution in [0.2, 0.25) is 0 Å². The van der Waals surface area contributed by atoms with Gasteiger partial charge in [-0.1, -0.05) is 18.2 Å². The molecule has 5 aromatic rings. The number of carbonyl (C=O) groups is 1. The van der Waals surface area contributed by atoms with Crippen molar-refractivity contribution in [2.75, 3.05) is 0 Å². The third-order valence-corrected chi connectivity index (χ3v) is 6.75. The Morgan fingerprint density at radius 1 is 1.27 bits per heavy atom. The quantitative estimate of drug-likeness (QED) is 0.221. The topological polar surface area (TPSA) is 112 Å². The maximum atomic E-state index is 11.7. The number of nitrogens with one attached hydrogen (secondary N) is 2. The predicted molar refractivity (Wildman–Crippen MR) is 128 cm³/mol. The Balaban J connectivity index is 1.43. The monoisotopic (exact) mass is 459 g/mol. The van der Waals surface area contributed by atoms with E-state index in [4.69, 9.17) is 4.98 Å². The van der Waals surface area contributed by atoms with Crippen molar-refractivity contribution in [2.24, 2.45) is 12.1 Å². The number of fused-ring (bicyclic) bond motifs is 2. The summed E-state index contributed by atoms with van der Waals surface area (Å²) in [6, 6.07) is 9.15. The second-order valence-electron chi connectivity index (χ2n) is 7.75. The third-order valence-electron chi connectivity index (χ3n) is 5.68. The summed E-state index contributed by atoms with van der Waals surface area (Å²) in [7, 11) is 1.97. The number of hydrogen-bond acceptors (Lipinski definition) is 6. The van der Waals surface area contributed by atoms with Crippen molar-refractivity contribution in [1.29, 1.82) is 0 Å². The van der Waals surface area contributed by atoms with Crippen LogP contribution in [-0.2, 0) is 24.8 Å². The summed E-state index contributed by atoms with van der Waals surface area (Å²) in [6.07, 6.45) is 6.54. The highest BCUT2D eigenvalue weighted by molar-refractivity contribution is 7.19. The van der Waals surface area contributed by atoms with Gasteiger partial charge in [0, 0.05) is 42.4 Å². The van der Waals surface area contributed by atoms with Gasteiger partial charge in [-0.2, -0.15) is 10.2 Å². The predicted octanol–water partition coefficient (Wildman–Crippen LogP) is 3.09. The SMILES string of the molecule is Cc1c(/C=N\N(C=O)Cc2cccc3[nH]ncc23)c2sc(Cc3ccc(=O)[nH]c3)nc2n1C. The molecule has 0 aliphatic carbocycles. The molecular formula is C23H21N7O2S. The van der Waals surface area contributed by atoms with E-state index in [2.05, 4.69) is 20.3 Å². The van der Waals surface area contributed by atoms with E-state index >= 15 is 0 Å². The summed E-state index contributed by atoms with van der Waals surface area (Å²) in [4.78, 5) is 30.5. The van der Waals surface area contributed by atoms with Gasteiger partial charge in [0.05, 0.1) is 29.2 Å². The van der Waals surface area contributed by atoms with E-state index in [-0.39, 0.29) is 5.56 Å². The van der Waals surface area contributed by atoms with Gasteiger partial charge in [-0.15, -0.1) is 11.3 Å². The molecular weight excluding hydrogens is 438 g/mol. The van der Waals surface area contributed by atoms with Crippen molar-refractivity contribution in [3.8, 4) is 0 Å². The molecule has 10 heteroatoms. The highest BCUT2D eigenvalue weighted by Gasteiger charge is 2.17. The molecule has 5 rings (SSSR count). The number of aryl methyl sites for hydroxylation is 1. The molecule has 0 spiro atoms. The minimum Gasteiger partial charge on any atom is -0.332 e. The fraction of sp³-hybridized carbons (Fsp3) is 0.174. The molecule has 0 saturated carbocycles. The van der Waals surface area contributed by atoms with Crippen molar-refractivity contribution in [3.05, 3.63) is 80.5 Å². The molecule has 1 amide bonds. The Bertz CT molecular complexity index is 1540. The standard InChI is InChI=1S/C23H21N7O2S/c1-14-17(11-26-30(13-31)12-16-4-3-5-19-18(16)10-25-28-19)22-23(29(14)2)27-21(33-22)8-15-6-7-20(32)24-9-15/h3-7,9-11,13H,8,12H2,1-2H3,(H,24,32)(H,25,28)/b26-11-. The first-order valence-corrected chi connectivity index (χ1v) is 11.1. The molecule has 0 aliphatic rings. The summed E-state index contributed by atoms with van der Waals surface area (Å²) in [5.41, 5.74) is 5.57. The molecule has 1 aromatic carbocycles. The van der Waals surface area contributed by atoms with E-state index in [1.165, 1.54) is 11.1 Å². The number of benzene rings is 1. The van der Waals surface area contributed by atoms with Crippen LogP contribution >= 0.6 is 11.3 Å². The largest absolute Gasteiger partial charge is 0.332 e. The number of rotatable bonds is 7. The fourth-order valence-electron chi connectivity index (χ4n) is 3.80. The van der Waals surface area contributed by atoms with Gasteiger partial charge in [-0.3, -0.25) is 14.7 Å². The molecule has 33 heavy (non-hydrogen) atoms. The number of aromatic nitrogens is 5. The van der Waals surface area contributed by atoms with Crippen molar-refractivity contribution < 1.29 is 4.79 Å². The number of aromatic amines is 2. The number of hydrazone groups is 1. The Morgan fingerprint density at radius 3 is 2.94 bits per heavy atom. The number of carbonyl (C=O) groups excluding carboxylic acids is 1. The van der Waals surface area contributed by atoms with Crippen LogP contribution in [-0.4, -0.2) is 42.4 Å². The number of hydrogen-bond donors (Lipinski definition) is 2. The van der Waals surface area contributed by atoms with Crippen LogP contribution in [0.25, 0.3) is 21.3 Å². The summed E-state index contributed by atoms with van der Waals surface area (Å²) >= 11 is 1.59. The lowest BCUT2D eigenvalue weighted by Gasteiger charge is -2.11. The van der Waals surface area contributed by atoms with Gasteiger partial charge >= 0.3 is 0 Å². The van der Waals surface area contributed by atoms with Crippen molar-refractivity contribution in [1.82, 2.24) is 29.7 Å². The second-order valence-corrected chi connectivity index (χ2v) is 8.84. The molecule has 0 atom stereocenters. The molecule has 0 radical (unpaired) electrons. The van der Waals surface area contributed by atoms with Gasteiger partial charge in [0.25, 0.3) is 0 Å². The lowest BCUT2D eigenvalue weighted by Crippen LogP contribution is -2.15. The summed E-state index contributed by atoms with van der Waals surface area (Å²) in [6.45, 7) is 2.35. The molecule has 2 N–H and O–H groups in total. The van der Waals surface area contributed by atoms with E-state index in [1.807, 2.05) is 36.7 Å². The van der Waals surface area contributed by atoms with E-state index in [0.717, 1.165) is 55.1 Å². The van der Waals surface area contributed by atoms with Crippen LogP contribution in [0.4, 0.5) is 0 Å². The van der Waals surface area contributed by atoms with Gasteiger partial charge in [-0.05, 0) is 24.1 Å². The number of nitrogens with zero attached hydrogens (tertiary/aromatic N) is 5. The molecule has 0 aliphatic heterocycles. The van der Waals surface area contributed by atoms with E-state index in [0.29, 0.717) is 13.0 Å². The minimum atomic E-state index is -0.124. The van der Waals surface area contributed by atoms with E-state index in [9.17, 15) is 9.59 Å². The summed E-state index contributed by atoms with van der Waals surface area (Å²) in [5, 5.41) is 14.8. The number of H-pyrrole nitrogens is 2. The minimum absolute atomic E-state index is 0.124. The molecule has 0 fully saturated rings. The molecule has 0 saturated heterocycles. The first-order chi connectivity index (χ1) is 16.0. The lowest BCUT2D eigenvalue weighted by molar-refractivity contribution is -0.118. The molecule has 0 unspecified atom stereocenters. The average Bonchev–Trinajstić information content (AvgIpc) is 3.51. The number of pyridine rings is 1. The Morgan fingerprint density at radius 2 is 2.15 bits per heavy atom. The zero-order chi connectivity index (χ0) is 22.9. The zero-order valence-corrected chi connectivity index (χ0v) is 18.9. The maximum Gasteiger partial charge on any atom is 0.247 e. The third kappa shape index (κ3) is 3.96. The highest BCUT2D eigenvalue weighted by atomic mass is 32.1. The van der Waals surface area contributed by atoms with Gasteiger partial charge in [0.1, 0.15) is 5.01 Å². The van der Waals surface area contributed by atoms with Gasteiger partial charge < -0.3 is 9.55 Å². The average molecular weight is 460 g/mol. The van der Waals surface area contributed by atoms with Crippen molar-refractivity contribution >= 4 is 45.2 Å². The van der Waals surface area contributed by atoms with Crippen LogP contribution in [0.5, 0.6) is 0 Å². The first kappa shape index (κ1) is 20.8. The first-order valence-electron chi connectivity index (χ1n) is 10.3. The van der Waals surface area contributed by atoms with Crippen molar-refractivity contribution in [2.45, 2.75) is 19.9 Å².